The van der Waals surface area contributed by atoms with Crippen LogP contribution in [0.15, 0.2) is 18.3 Å². The average molecular weight is 363 g/mol. The van der Waals surface area contributed by atoms with E-state index in [9.17, 15) is 9.59 Å². The minimum Gasteiger partial charge on any atom is -0.338 e. The quantitative estimate of drug-likeness (QED) is 0.695. The van der Waals surface area contributed by atoms with E-state index in [2.05, 4.69) is 29.4 Å². The van der Waals surface area contributed by atoms with Gasteiger partial charge in [0.2, 0.25) is 5.91 Å². The van der Waals surface area contributed by atoms with Crippen LogP contribution in [0.4, 0.5) is 0 Å². The van der Waals surface area contributed by atoms with Gasteiger partial charge in [0, 0.05) is 59.7 Å². The van der Waals surface area contributed by atoms with E-state index in [1.54, 1.807) is 0 Å². The van der Waals surface area contributed by atoms with Crippen molar-refractivity contribution < 1.29 is 9.59 Å². The van der Waals surface area contributed by atoms with Gasteiger partial charge in [0.25, 0.3) is 0 Å². The van der Waals surface area contributed by atoms with Gasteiger partial charge < -0.3 is 9.47 Å². The molecule has 1 aromatic carbocycles. The molecule has 1 aliphatic carbocycles. The maximum atomic E-state index is 12.3. The number of Topliss-reactive ketones (excluding diaryl/α,β-unsaturated/α-hetero) is 1. The highest BCUT2D eigenvalue weighted by atomic mass is 16.2. The Morgan fingerprint density at radius 3 is 2.56 bits per heavy atom. The van der Waals surface area contributed by atoms with Crippen LogP contribution in [0.25, 0.3) is 21.8 Å². The highest BCUT2D eigenvalue weighted by Gasteiger charge is 2.30. The standard InChI is InChI=1S/C22H25N3O2/c1-3-23(4-2)11-12-24-16-7-5-14-15(6-9-19(14)26)21(16)22-17-8-10-20(27)25(17)13-18(22)24/h5,7,13H,3-4,6,8-12H2,1-2H3. The zero-order valence-electron chi connectivity index (χ0n) is 16.0. The SMILES string of the molecule is CCN(CC)CCn1c2ccc3c(c2c2c4n(cc21)C(=O)CC4)CCC3=O. The number of rotatable bonds is 5. The molecule has 5 heteroatoms. The van der Waals surface area contributed by atoms with Crippen molar-refractivity contribution in [2.24, 2.45) is 0 Å². The third kappa shape index (κ3) is 2.27. The van der Waals surface area contributed by atoms with E-state index < -0.39 is 0 Å². The summed E-state index contributed by atoms with van der Waals surface area (Å²) < 4.78 is 4.22. The molecule has 27 heavy (non-hydrogen) atoms. The topological polar surface area (TPSA) is 47.2 Å². The van der Waals surface area contributed by atoms with Crippen molar-refractivity contribution >= 4 is 33.5 Å². The molecule has 0 bridgehead atoms. The molecule has 2 aromatic heterocycles. The maximum Gasteiger partial charge on any atom is 0.231 e. The zero-order valence-corrected chi connectivity index (χ0v) is 16.0. The van der Waals surface area contributed by atoms with Gasteiger partial charge in [-0.15, -0.1) is 0 Å². The Bertz CT molecular complexity index is 1100. The Morgan fingerprint density at radius 2 is 1.78 bits per heavy atom. The predicted octanol–water partition coefficient (Wildman–Crippen LogP) is 3.65. The lowest BCUT2D eigenvalue weighted by molar-refractivity contribution is 0.0923. The number of aryl methyl sites for hydroxylation is 2. The average Bonchev–Trinajstić information content (AvgIpc) is 3.39. The smallest absolute Gasteiger partial charge is 0.231 e. The van der Waals surface area contributed by atoms with Gasteiger partial charge in [-0.1, -0.05) is 13.8 Å². The second-order valence-corrected chi connectivity index (χ2v) is 7.69. The van der Waals surface area contributed by atoms with Crippen LogP contribution < -0.4 is 0 Å². The van der Waals surface area contributed by atoms with Gasteiger partial charge in [-0.25, -0.2) is 0 Å². The van der Waals surface area contributed by atoms with Crippen LogP contribution in [0.2, 0.25) is 0 Å². The highest BCUT2D eigenvalue weighted by Crippen LogP contribution is 2.41. The molecule has 5 nitrogen and oxygen atoms in total. The maximum absolute atomic E-state index is 12.3. The minimum atomic E-state index is 0.188. The fourth-order valence-corrected chi connectivity index (χ4v) is 5.01. The summed E-state index contributed by atoms with van der Waals surface area (Å²) in [6, 6.07) is 4.13. The van der Waals surface area contributed by atoms with Gasteiger partial charge >= 0.3 is 0 Å². The first-order valence-corrected chi connectivity index (χ1v) is 10.1. The minimum absolute atomic E-state index is 0.188. The summed E-state index contributed by atoms with van der Waals surface area (Å²) in [4.78, 5) is 27.0. The normalized spacial score (nSPS) is 16.3. The summed E-state index contributed by atoms with van der Waals surface area (Å²) in [5, 5.41) is 2.43. The number of fused-ring (bicyclic) bond motifs is 7. The van der Waals surface area contributed by atoms with E-state index in [-0.39, 0.29) is 11.7 Å². The number of hydrogen-bond donors (Lipinski definition) is 0. The van der Waals surface area contributed by atoms with E-state index in [0.717, 1.165) is 55.8 Å². The third-order valence-corrected chi connectivity index (χ3v) is 6.49. The highest BCUT2D eigenvalue weighted by molar-refractivity contribution is 6.17. The second-order valence-electron chi connectivity index (χ2n) is 7.69. The predicted molar refractivity (Wildman–Crippen MR) is 107 cm³/mol. The molecule has 0 unspecified atom stereocenters. The van der Waals surface area contributed by atoms with Crippen LogP contribution in [0.1, 0.15) is 53.1 Å². The molecule has 0 radical (unpaired) electrons. The van der Waals surface area contributed by atoms with Crippen molar-refractivity contribution in [1.82, 2.24) is 14.0 Å². The Morgan fingerprint density at radius 1 is 0.963 bits per heavy atom. The van der Waals surface area contributed by atoms with E-state index >= 15 is 0 Å². The fourth-order valence-electron chi connectivity index (χ4n) is 5.01. The Kier molecular flexibility index (Phi) is 3.76. The Hall–Kier alpha value is -2.40. The van der Waals surface area contributed by atoms with Crippen molar-refractivity contribution in [1.29, 1.82) is 0 Å². The molecule has 5 rings (SSSR count). The summed E-state index contributed by atoms with van der Waals surface area (Å²) >= 11 is 0. The van der Waals surface area contributed by atoms with Crippen molar-refractivity contribution in [3.63, 3.8) is 0 Å². The van der Waals surface area contributed by atoms with E-state index in [4.69, 9.17) is 0 Å². The number of hydrogen-bond acceptors (Lipinski definition) is 3. The fraction of sp³-hybridized carbons (Fsp3) is 0.455. The summed E-state index contributed by atoms with van der Waals surface area (Å²) in [5.74, 6) is 0.441. The number of carbonyl (C=O) groups is 2. The second kappa shape index (κ2) is 6.06. The number of benzene rings is 1. The first-order valence-electron chi connectivity index (χ1n) is 10.1. The molecule has 0 spiro atoms. The van der Waals surface area contributed by atoms with Gasteiger partial charge in [-0.05, 0) is 43.6 Å². The molecule has 1 aliphatic heterocycles. The summed E-state index contributed by atoms with van der Waals surface area (Å²) in [7, 11) is 0. The summed E-state index contributed by atoms with van der Waals surface area (Å²) in [6.07, 6.45) is 4.85. The first-order chi connectivity index (χ1) is 13.1. The van der Waals surface area contributed by atoms with E-state index in [1.165, 1.54) is 21.9 Å². The zero-order chi connectivity index (χ0) is 18.7. The Labute approximate surface area is 158 Å². The molecule has 0 saturated carbocycles. The summed E-state index contributed by atoms with van der Waals surface area (Å²) in [6.45, 7) is 8.33. The molecule has 2 aliphatic rings. The van der Waals surface area contributed by atoms with Crippen LogP contribution in [-0.4, -0.2) is 45.4 Å². The molecule has 140 valence electrons. The van der Waals surface area contributed by atoms with Crippen LogP contribution in [0.5, 0.6) is 0 Å². The monoisotopic (exact) mass is 363 g/mol. The van der Waals surface area contributed by atoms with E-state index in [0.29, 0.717) is 12.8 Å². The van der Waals surface area contributed by atoms with Crippen molar-refractivity contribution in [2.45, 2.75) is 46.1 Å². The van der Waals surface area contributed by atoms with Gasteiger partial charge in [-0.3, -0.25) is 14.2 Å². The molecule has 0 N–H and O–H groups in total. The number of likely N-dealkylation sites (N-methyl/N-ethyl adjacent to an activating group) is 1. The van der Waals surface area contributed by atoms with Crippen LogP contribution in [0, 0.1) is 0 Å². The molecule has 0 atom stereocenters. The number of nitrogens with zero attached hydrogens (tertiary/aromatic N) is 3. The number of ketones is 1. The number of carbonyl (C=O) groups excluding carboxylic acids is 2. The third-order valence-electron chi connectivity index (χ3n) is 6.49. The van der Waals surface area contributed by atoms with Crippen molar-refractivity contribution in [2.75, 3.05) is 19.6 Å². The molecule has 0 amide bonds. The van der Waals surface area contributed by atoms with Crippen LogP contribution in [0.3, 0.4) is 0 Å². The van der Waals surface area contributed by atoms with Gasteiger partial charge in [0.1, 0.15) is 0 Å². The van der Waals surface area contributed by atoms with Gasteiger partial charge in [0.15, 0.2) is 5.78 Å². The van der Waals surface area contributed by atoms with Gasteiger partial charge in [-0.2, -0.15) is 0 Å². The molecule has 3 heterocycles. The molecular weight excluding hydrogens is 338 g/mol. The van der Waals surface area contributed by atoms with E-state index in [1.807, 2.05) is 16.8 Å². The lowest BCUT2D eigenvalue weighted by Gasteiger charge is -2.19. The van der Waals surface area contributed by atoms with Crippen LogP contribution in [-0.2, 0) is 19.4 Å². The number of aromatic nitrogens is 2. The lowest BCUT2D eigenvalue weighted by Crippen LogP contribution is -2.26. The molecule has 0 fully saturated rings. The van der Waals surface area contributed by atoms with Crippen LogP contribution >= 0.6 is 0 Å². The Balaban J connectivity index is 1.77. The van der Waals surface area contributed by atoms with Crippen molar-refractivity contribution in [3.8, 4) is 0 Å². The van der Waals surface area contributed by atoms with Gasteiger partial charge in [0.05, 0.1) is 5.52 Å². The summed E-state index contributed by atoms with van der Waals surface area (Å²) in [5.41, 5.74) is 5.57. The largest absolute Gasteiger partial charge is 0.338 e. The van der Waals surface area contributed by atoms with Crippen molar-refractivity contribution in [3.05, 3.63) is 35.2 Å². The molecular formula is C22H25N3O2. The lowest BCUT2D eigenvalue weighted by atomic mass is 10.0. The first kappa shape index (κ1) is 16.8. The molecule has 0 saturated heterocycles. The molecule has 3 aromatic rings.